The fourth-order valence-corrected chi connectivity index (χ4v) is 3.67. The van der Waals surface area contributed by atoms with Crippen molar-refractivity contribution in [2.75, 3.05) is 5.32 Å². The van der Waals surface area contributed by atoms with Crippen LogP contribution in [-0.2, 0) is 6.18 Å². The van der Waals surface area contributed by atoms with Crippen molar-refractivity contribution in [3.8, 4) is 0 Å². The van der Waals surface area contributed by atoms with Crippen LogP contribution in [0.5, 0.6) is 0 Å². The number of hydrogen-bond donors (Lipinski definition) is 1. The Hall–Kier alpha value is -3.56. The topological polar surface area (TPSA) is 76.9 Å². The average Bonchev–Trinajstić information content (AvgIpc) is 3.15. The van der Waals surface area contributed by atoms with Gasteiger partial charge in [0, 0.05) is 6.20 Å². The van der Waals surface area contributed by atoms with Gasteiger partial charge in [0.2, 0.25) is 0 Å². The molecule has 3 heterocycles. The number of ketones is 1. The maximum atomic E-state index is 13.9. The smallest absolute Gasteiger partial charge is 0.317 e. The number of halogens is 4. The molecule has 1 amide bonds. The van der Waals surface area contributed by atoms with Crippen molar-refractivity contribution in [3.63, 3.8) is 0 Å². The van der Waals surface area contributed by atoms with E-state index in [0.29, 0.717) is 12.0 Å². The highest BCUT2D eigenvalue weighted by Crippen LogP contribution is 2.39. The molecule has 10 heteroatoms. The van der Waals surface area contributed by atoms with E-state index in [9.17, 15) is 27.2 Å². The quantitative estimate of drug-likeness (QED) is 0.613. The van der Waals surface area contributed by atoms with E-state index in [1.54, 1.807) is 0 Å². The van der Waals surface area contributed by atoms with Crippen molar-refractivity contribution in [1.29, 1.82) is 0 Å². The van der Waals surface area contributed by atoms with Gasteiger partial charge in [0.25, 0.3) is 5.91 Å². The summed E-state index contributed by atoms with van der Waals surface area (Å²) in [6.07, 6.45) is -1.59. The van der Waals surface area contributed by atoms with Crippen molar-refractivity contribution in [2.24, 2.45) is 0 Å². The van der Waals surface area contributed by atoms with Gasteiger partial charge in [0.05, 0.1) is 29.4 Å². The summed E-state index contributed by atoms with van der Waals surface area (Å²) >= 11 is 0. The third-order valence-corrected chi connectivity index (χ3v) is 5.20. The number of alkyl halides is 3. The van der Waals surface area contributed by atoms with Gasteiger partial charge >= 0.3 is 6.18 Å². The minimum atomic E-state index is -4.47. The highest BCUT2D eigenvalue weighted by Gasteiger charge is 2.37. The van der Waals surface area contributed by atoms with Crippen LogP contribution >= 0.6 is 0 Å². The van der Waals surface area contributed by atoms with Crippen molar-refractivity contribution in [3.05, 3.63) is 77.1 Å². The van der Waals surface area contributed by atoms with E-state index in [2.05, 4.69) is 15.4 Å². The van der Waals surface area contributed by atoms with E-state index in [4.69, 9.17) is 0 Å². The van der Waals surface area contributed by atoms with E-state index in [0.717, 1.165) is 18.2 Å². The standard InChI is InChI=1S/C21H16F4N4O2/c1-11-9-14(12-4-6-13(7-5-12)21(23,24)25)19(30)18-16(10-27-29(11)18)28-20(31)17-15(22)3-2-8-26-17/h2-8,10-11,14H,9H2,1H3,(H,28,31)/t11-,14?/m0/s1. The molecule has 0 radical (unpaired) electrons. The molecule has 31 heavy (non-hydrogen) atoms. The predicted octanol–water partition coefficient (Wildman–Crippen LogP) is 4.62. The van der Waals surface area contributed by atoms with E-state index >= 15 is 0 Å². The number of nitrogens with zero attached hydrogens (tertiary/aromatic N) is 3. The molecule has 1 aliphatic rings. The van der Waals surface area contributed by atoms with Gasteiger partial charge < -0.3 is 5.32 Å². The van der Waals surface area contributed by atoms with Gasteiger partial charge in [0.15, 0.2) is 17.3 Å². The van der Waals surface area contributed by atoms with Crippen LogP contribution in [0.2, 0.25) is 0 Å². The summed E-state index contributed by atoms with van der Waals surface area (Å²) in [5.41, 5.74) is -0.608. The molecule has 4 rings (SSSR count). The number of anilines is 1. The lowest BCUT2D eigenvalue weighted by Crippen LogP contribution is -2.29. The van der Waals surface area contributed by atoms with Crippen LogP contribution in [0, 0.1) is 5.82 Å². The number of hydrogen-bond acceptors (Lipinski definition) is 4. The van der Waals surface area contributed by atoms with Crippen molar-refractivity contribution >= 4 is 17.4 Å². The van der Waals surface area contributed by atoms with E-state index < -0.39 is 40.9 Å². The number of rotatable bonds is 3. The first kappa shape index (κ1) is 20.7. The molecule has 0 saturated heterocycles. The Morgan fingerprint density at radius 1 is 1.19 bits per heavy atom. The number of Topliss-reactive ketones (excluding diaryl/α,β-unsaturated/α-hetero) is 1. The van der Waals surface area contributed by atoms with Crippen LogP contribution in [0.3, 0.4) is 0 Å². The molecule has 0 saturated carbocycles. The van der Waals surface area contributed by atoms with Crippen LogP contribution in [0.1, 0.15) is 57.4 Å². The minimum absolute atomic E-state index is 0.0866. The Kier molecular flexibility index (Phi) is 5.08. The van der Waals surface area contributed by atoms with Crippen molar-refractivity contribution < 1.29 is 27.2 Å². The number of fused-ring (bicyclic) bond motifs is 1. The van der Waals surface area contributed by atoms with Gasteiger partial charge in [-0.05, 0) is 43.2 Å². The van der Waals surface area contributed by atoms with Gasteiger partial charge in [-0.25, -0.2) is 9.37 Å². The Morgan fingerprint density at radius 2 is 1.90 bits per heavy atom. The largest absolute Gasteiger partial charge is 0.416 e. The second-order valence-electron chi connectivity index (χ2n) is 7.26. The van der Waals surface area contributed by atoms with Crippen LogP contribution < -0.4 is 5.32 Å². The molecule has 1 unspecified atom stereocenters. The Bertz CT molecular complexity index is 1150. The molecular formula is C21H16F4N4O2. The molecule has 2 atom stereocenters. The lowest BCUT2D eigenvalue weighted by Gasteiger charge is -2.28. The Morgan fingerprint density at radius 3 is 2.55 bits per heavy atom. The van der Waals surface area contributed by atoms with Gasteiger partial charge in [-0.1, -0.05) is 12.1 Å². The second-order valence-corrected chi connectivity index (χ2v) is 7.26. The van der Waals surface area contributed by atoms with E-state index in [-0.39, 0.29) is 17.4 Å². The predicted molar refractivity (Wildman–Crippen MR) is 102 cm³/mol. The van der Waals surface area contributed by atoms with Crippen LogP contribution in [-0.4, -0.2) is 26.5 Å². The van der Waals surface area contributed by atoms with Gasteiger partial charge in [0.1, 0.15) is 5.69 Å². The maximum Gasteiger partial charge on any atom is 0.416 e. The highest BCUT2D eigenvalue weighted by molar-refractivity contribution is 6.10. The summed E-state index contributed by atoms with van der Waals surface area (Å²) < 4.78 is 53.9. The first-order valence-corrected chi connectivity index (χ1v) is 9.37. The molecule has 0 spiro atoms. The van der Waals surface area contributed by atoms with E-state index in [1.165, 1.54) is 35.3 Å². The zero-order valence-corrected chi connectivity index (χ0v) is 16.2. The summed E-state index contributed by atoms with van der Waals surface area (Å²) in [5.74, 6) is -2.76. The van der Waals surface area contributed by atoms with Crippen molar-refractivity contribution in [2.45, 2.75) is 31.5 Å². The normalized spacial score (nSPS) is 18.5. The van der Waals surface area contributed by atoms with E-state index in [1.807, 2.05) is 6.92 Å². The Labute approximate surface area is 173 Å². The molecule has 1 N–H and O–H groups in total. The lowest BCUT2D eigenvalue weighted by atomic mass is 9.84. The summed E-state index contributed by atoms with van der Waals surface area (Å²) in [6, 6.07) is 6.61. The number of pyridine rings is 1. The second kappa shape index (κ2) is 7.60. The third kappa shape index (κ3) is 3.80. The molecule has 160 valence electrons. The highest BCUT2D eigenvalue weighted by atomic mass is 19.4. The number of nitrogens with one attached hydrogen (secondary N) is 1. The molecular weight excluding hydrogens is 416 g/mol. The molecule has 6 nitrogen and oxygen atoms in total. The molecule has 2 aromatic heterocycles. The number of benzene rings is 1. The van der Waals surface area contributed by atoms with Gasteiger partial charge in [-0.15, -0.1) is 0 Å². The minimum Gasteiger partial charge on any atom is -0.317 e. The number of aromatic nitrogens is 3. The van der Waals surface area contributed by atoms with Crippen LogP contribution in [0.15, 0.2) is 48.8 Å². The van der Waals surface area contributed by atoms with Gasteiger partial charge in [-0.3, -0.25) is 14.3 Å². The number of amides is 1. The van der Waals surface area contributed by atoms with Crippen LogP contribution in [0.4, 0.5) is 23.2 Å². The summed E-state index contributed by atoms with van der Waals surface area (Å²) in [5, 5.41) is 6.61. The van der Waals surface area contributed by atoms with Gasteiger partial charge in [-0.2, -0.15) is 18.3 Å². The molecule has 1 aliphatic heterocycles. The average molecular weight is 432 g/mol. The fraction of sp³-hybridized carbons (Fsp3) is 0.238. The monoisotopic (exact) mass is 432 g/mol. The number of carbonyl (C=O) groups is 2. The third-order valence-electron chi connectivity index (χ3n) is 5.20. The maximum absolute atomic E-state index is 13.9. The first-order chi connectivity index (χ1) is 14.7. The lowest BCUT2D eigenvalue weighted by molar-refractivity contribution is -0.137. The molecule has 0 fully saturated rings. The zero-order valence-electron chi connectivity index (χ0n) is 16.2. The first-order valence-electron chi connectivity index (χ1n) is 9.37. The SMILES string of the molecule is C[C@H]1CC(c2ccc(C(F)(F)F)cc2)C(=O)c2c(NC(=O)c3ncccc3F)cnn21. The molecule has 3 aromatic rings. The van der Waals surface area contributed by atoms with Crippen molar-refractivity contribution in [1.82, 2.24) is 14.8 Å². The molecule has 1 aromatic carbocycles. The number of carbonyl (C=O) groups excluding carboxylic acids is 2. The van der Waals surface area contributed by atoms with Crippen LogP contribution in [0.25, 0.3) is 0 Å². The Balaban J connectivity index is 1.64. The summed E-state index contributed by atoms with van der Waals surface area (Å²) in [6.45, 7) is 1.81. The zero-order chi connectivity index (χ0) is 22.3. The molecule has 0 aliphatic carbocycles. The molecule has 0 bridgehead atoms. The fourth-order valence-electron chi connectivity index (χ4n) is 3.67. The summed E-state index contributed by atoms with van der Waals surface area (Å²) in [7, 11) is 0. The summed E-state index contributed by atoms with van der Waals surface area (Å²) in [4.78, 5) is 29.3.